The quantitative estimate of drug-likeness (QED) is 0.549. The number of para-hydroxylation sites is 1. The Bertz CT molecular complexity index is 1210. The third-order valence-corrected chi connectivity index (χ3v) is 5.09. The second kappa shape index (κ2) is 8.36. The highest BCUT2D eigenvalue weighted by Crippen LogP contribution is 2.19. The predicted molar refractivity (Wildman–Crippen MR) is 112 cm³/mol. The first-order valence-electron chi connectivity index (χ1n) is 9.89. The molecule has 0 spiro atoms. The minimum atomic E-state index is -0.536. The minimum absolute atomic E-state index is 0.0772. The van der Waals surface area contributed by atoms with Gasteiger partial charge in [-0.2, -0.15) is 0 Å². The van der Waals surface area contributed by atoms with Gasteiger partial charge in [0.15, 0.2) is 0 Å². The van der Waals surface area contributed by atoms with Crippen molar-refractivity contribution in [2.75, 3.05) is 0 Å². The highest BCUT2D eigenvalue weighted by Gasteiger charge is 2.23. The van der Waals surface area contributed by atoms with Crippen molar-refractivity contribution in [2.45, 2.75) is 38.4 Å². The molecule has 0 bridgehead atoms. The predicted octanol–water partition coefficient (Wildman–Crippen LogP) is 1.29. The summed E-state index contributed by atoms with van der Waals surface area (Å²) in [5, 5.41) is 6.15. The average Bonchev–Trinajstić information content (AvgIpc) is 3.56. The van der Waals surface area contributed by atoms with E-state index in [-0.39, 0.29) is 24.8 Å². The Balaban J connectivity index is 1.33. The summed E-state index contributed by atoms with van der Waals surface area (Å²) < 4.78 is 1.39. The van der Waals surface area contributed by atoms with Crippen LogP contribution in [-0.4, -0.2) is 27.4 Å². The molecule has 2 aromatic carbocycles. The van der Waals surface area contributed by atoms with Crippen LogP contribution in [0.15, 0.2) is 58.1 Å². The molecule has 0 atom stereocenters. The van der Waals surface area contributed by atoms with Crippen molar-refractivity contribution in [3.8, 4) is 0 Å². The molecule has 0 unspecified atom stereocenters. The number of aromatic nitrogens is 2. The summed E-state index contributed by atoms with van der Waals surface area (Å²) in [6.07, 6.45) is 2.17. The van der Waals surface area contributed by atoms with E-state index < -0.39 is 11.2 Å². The number of carbonyl (C=O) groups excluding carboxylic acids is 2. The highest BCUT2D eigenvalue weighted by molar-refractivity contribution is 5.94. The second-order valence-electron chi connectivity index (χ2n) is 7.40. The lowest BCUT2D eigenvalue weighted by atomic mass is 10.1. The number of aromatic amines is 1. The van der Waals surface area contributed by atoms with E-state index in [0.29, 0.717) is 29.1 Å². The van der Waals surface area contributed by atoms with Gasteiger partial charge in [0, 0.05) is 31.1 Å². The van der Waals surface area contributed by atoms with Crippen LogP contribution < -0.4 is 21.9 Å². The highest BCUT2D eigenvalue weighted by atomic mass is 16.2. The number of rotatable bonds is 7. The van der Waals surface area contributed by atoms with Gasteiger partial charge in [-0.25, -0.2) is 4.79 Å². The smallest absolute Gasteiger partial charge is 0.328 e. The van der Waals surface area contributed by atoms with Crippen LogP contribution in [0.4, 0.5) is 0 Å². The Morgan fingerprint density at radius 1 is 1.03 bits per heavy atom. The second-order valence-corrected chi connectivity index (χ2v) is 7.40. The molecule has 2 amide bonds. The Hall–Kier alpha value is -3.68. The number of nitrogens with zero attached hydrogens (tertiary/aromatic N) is 1. The van der Waals surface area contributed by atoms with Gasteiger partial charge in [0.05, 0.1) is 10.9 Å². The van der Waals surface area contributed by atoms with Crippen molar-refractivity contribution < 1.29 is 9.59 Å². The fourth-order valence-corrected chi connectivity index (χ4v) is 3.24. The number of amides is 2. The molecule has 0 radical (unpaired) electrons. The minimum Gasteiger partial charge on any atom is -0.352 e. The Morgan fingerprint density at radius 2 is 1.77 bits per heavy atom. The average molecular weight is 406 g/mol. The van der Waals surface area contributed by atoms with Crippen LogP contribution in [0, 0.1) is 0 Å². The number of hydrogen-bond donors (Lipinski definition) is 3. The summed E-state index contributed by atoms with van der Waals surface area (Å²) in [4.78, 5) is 50.6. The largest absolute Gasteiger partial charge is 0.352 e. The maximum Gasteiger partial charge on any atom is 0.328 e. The first-order valence-corrected chi connectivity index (χ1v) is 9.89. The molecule has 30 heavy (non-hydrogen) atoms. The molecule has 1 saturated carbocycles. The monoisotopic (exact) mass is 406 g/mol. The lowest BCUT2D eigenvalue weighted by Crippen LogP contribution is -2.32. The number of fused-ring (bicyclic) bond motifs is 1. The van der Waals surface area contributed by atoms with E-state index in [1.54, 1.807) is 36.4 Å². The first-order chi connectivity index (χ1) is 14.5. The molecule has 1 heterocycles. The number of benzene rings is 2. The number of aryl methyl sites for hydroxylation is 1. The number of hydrogen-bond acceptors (Lipinski definition) is 4. The zero-order valence-electron chi connectivity index (χ0n) is 16.3. The van der Waals surface area contributed by atoms with Gasteiger partial charge in [0.2, 0.25) is 5.91 Å². The maximum atomic E-state index is 12.2. The van der Waals surface area contributed by atoms with Crippen LogP contribution in [0.1, 0.15) is 35.2 Å². The van der Waals surface area contributed by atoms with Gasteiger partial charge in [-0.15, -0.1) is 0 Å². The van der Waals surface area contributed by atoms with Crippen LogP contribution >= 0.6 is 0 Å². The van der Waals surface area contributed by atoms with E-state index in [0.717, 1.165) is 18.4 Å². The van der Waals surface area contributed by atoms with Crippen molar-refractivity contribution in [3.63, 3.8) is 0 Å². The van der Waals surface area contributed by atoms with E-state index in [1.165, 1.54) is 4.57 Å². The van der Waals surface area contributed by atoms with Crippen molar-refractivity contribution >= 4 is 22.7 Å². The van der Waals surface area contributed by atoms with Crippen LogP contribution in [0.3, 0.4) is 0 Å². The topological polar surface area (TPSA) is 113 Å². The molecule has 1 aromatic heterocycles. The molecule has 4 rings (SSSR count). The normalized spacial score (nSPS) is 13.2. The van der Waals surface area contributed by atoms with Gasteiger partial charge in [-0.3, -0.25) is 23.9 Å². The molecule has 0 aliphatic heterocycles. The lowest BCUT2D eigenvalue weighted by Gasteiger charge is -2.10. The number of H-pyrrole nitrogens is 1. The van der Waals surface area contributed by atoms with Crippen LogP contribution in [0.5, 0.6) is 0 Å². The molecule has 8 nitrogen and oxygen atoms in total. The summed E-state index contributed by atoms with van der Waals surface area (Å²) in [6, 6.07) is 14.2. The van der Waals surface area contributed by atoms with Crippen molar-refractivity contribution in [1.82, 2.24) is 20.2 Å². The third kappa shape index (κ3) is 4.48. The number of carbonyl (C=O) groups is 2. The Kier molecular flexibility index (Phi) is 5.47. The Labute approximate surface area is 171 Å². The molecule has 8 heteroatoms. The molecular weight excluding hydrogens is 384 g/mol. The van der Waals surface area contributed by atoms with Crippen LogP contribution in [0.2, 0.25) is 0 Å². The fourth-order valence-electron chi connectivity index (χ4n) is 3.24. The summed E-state index contributed by atoms with van der Waals surface area (Å²) in [5.74, 6) is -0.292. The summed E-state index contributed by atoms with van der Waals surface area (Å²) >= 11 is 0. The van der Waals surface area contributed by atoms with E-state index >= 15 is 0 Å². The van der Waals surface area contributed by atoms with Crippen LogP contribution in [-0.2, 0) is 17.9 Å². The Morgan fingerprint density at radius 3 is 2.50 bits per heavy atom. The van der Waals surface area contributed by atoms with E-state index in [9.17, 15) is 19.2 Å². The van der Waals surface area contributed by atoms with Gasteiger partial charge < -0.3 is 10.6 Å². The van der Waals surface area contributed by atoms with E-state index in [1.807, 2.05) is 12.1 Å². The SMILES string of the molecule is O=C(CCn1c(=O)[nH]c(=O)c2ccccc21)NCc1ccc(C(=O)NC2CC2)cc1. The lowest BCUT2D eigenvalue weighted by molar-refractivity contribution is -0.121. The summed E-state index contributed by atoms with van der Waals surface area (Å²) in [5.41, 5.74) is 0.996. The van der Waals surface area contributed by atoms with E-state index in [4.69, 9.17) is 0 Å². The zero-order chi connectivity index (χ0) is 21.1. The molecular formula is C22H22N4O4. The molecule has 1 aliphatic carbocycles. The van der Waals surface area contributed by atoms with Gasteiger partial charge in [0.25, 0.3) is 11.5 Å². The van der Waals surface area contributed by atoms with Gasteiger partial charge in [-0.1, -0.05) is 24.3 Å². The zero-order valence-corrected chi connectivity index (χ0v) is 16.3. The molecule has 154 valence electrons. The molecule has 1 fully saturated rings. The van der Waals surface area contributed by atoms with Gasteiger partial charge in [0.1, 0.15) is 0 Å². The van der Waals surface area contributed by atoms with Crippen LogP contribution in [0.25, 0.3) is 10.9 Å². The van der Waals surface area contributed by atoms with Crippen molar-refractivity contribution in [2.24, 2.45) is 0 Å². The van der Waals surface area contributed by atoms with Gasteiger partial charge in [-0.05, 0) is 42.7 Å². The van der Waals surface area contributed by atoms with Crippen molar-refractivity contribution in [3.05, 3.63) is 80.5 Å². The third-order valence-electron chi connectivity index (χ3n) is 5.09. The molecule has 3 N–H and O–H groups in total. The van der Waals surface area contributed by atoms with E-state index in [2.05, 4.69) is 15.6 Å². The first kappa shape index (κ1) is 19.6. The molecule has 1 aliphatic rings. The summed E-state index contributed by atoms with van der Waals surface area (Å²) in [7, 11) is 0. The fraction of sp³-hybridized carbons (Fsp3) is 0.273. The molecule has 3 aromatic rings. The standard InChI is InChI=1S/C22H22N4O4/c27-19(11-12-26-18-4-2-1-3-17(18)21(29)25-22(26)30)23-13-14-5-7-15(8-6-14)20(28)24-16-9-10-16/h1-8,16H,9-13H2,(H,23,27)(H,24,28)(H,25,29,30). The van der Waals surface area contributed by atoms with Crippen molar-refractivity contribution in [1.29, 1.82) is 0 Å². The number of nitrogens with one attached hydrogen (secondary N) is 3. The summed E-state index contributed by atoms with van der Waals surface area (Å²) in [6.45, 7) is 0.479. The maximum absolute atomic E-state index is 12.2. The van der Waals surface area contributed by atoms with Gasteiger partial charge >= 0.3 is 5.69 Å². The molecule has 0 saturated heterocycles.